The molecule has 3 saturated heterocycles. The van der Waals surface area contributed by atoms with Crippen LogP contribution >= 0.6 is 113 Å². The van der Waals surface area contributed by atoms with Gasteiger partial charge in [-0.1, -0.05) is 61.7 Å². The van der Waals surface area contributed by atoms with Crippen molar-refractivity contribution < 1.29 is 89.0 Å². The first kappa shape index (κ1) is 87.1. The van der Waals surface area contributed by atoms with Gasteiger partial charge in [0.25, 0.3) is 5.92 Å². The molecule has 0 saturated carbocycles. The second-order valence-corrected chi connectivity index (χ2v) is 33.4. The van der Waals surface area contributed by atoms with Crippen molar-refractivity contribution in [2.45, 2.75) is 94.6 Å². The van der Waals surface area contributed by atoms with Crippen LogP contribution < -0.4 is 16.0 Å². The van der Waals surface area contributed by atoms with Crippen molar-refractivity contribution in [2.75, 3.05) is 93.6 Å². The molecule has 6 aromatic rings. The Morgan fingerprint density at radius 1 is 0.536 bits per heavy atom. The van der Waals surface area contributed by atoms with Crippen LogP contribution in [0.3, 0.4) is 0 Å². The van der Waals surface area contributed by atoms with Crippen molar-refractivity contribution in [3.63, 3.8) is 0 Å². The Bertz CT molecular complexity index is 4390. The van der Waals surface area contributed by atoms with Gasteiger partial charge in [-0.25, -0.2) is 60.1 Å². The minimum atomic E-state index is -2.97. The summed E-state index contributed by atoms with van der Waals surface area (Å²) in [6, 6.07) is 8.33. The third-order valence-electron chi connectivity index (χ3n) is 17.7. The van der Waals surface area contributed by atoms with E-state index >= 15 is 0 Å². The highest BCUT2D eigenvalue weighted by molar-refractivity contribution is 9.10. The third-order valence-corrected chi connectivity index (χ3v) is 24.9. The molecule has 112 heavy (non-hydrogen) atoms. The minimum absolute atomic E-state index is 0.0677. The van der Waals surface area contributed by atoms with Gasteiger partial charge in [0.2, 0.25) is 0 Å². The number of rotatable bonds is 30. The van der Waals surface area contributed by atoms with Gasteiger partial charge in [0.15, 0.2) is 32.5 Å². The summed E-state index contributed by atoms with van der Waals surface area (Å²) < 4.78 is 117. The summed E-state index contributed by atoms with van der Waals surface area (Å²) in [5, 5.41) is 43.6. The quantitative estimate of drug-likeness (QED) is 0.0139. The van der Waals surface area contributed by atoms with Crippen LogP contribution in [0.15, 0.2) is 147 Å². The summed E-state index contributed by atoms with van der Waals surface area (Å²) in [5.74, 6) is -7.32. The lowest BCUT2D eigenvalue weighted by Gasteiger charge is -2.31. The summed E-state index contributed by atoms with van der Waals surface area (Å²) in [5.41, 5.74) is 3.27. The molecule has 24 nitrogen and oxygen atoms in total. The second-order valence-electron chi connectivity index (χ2n) is 25.5. The molecule has 0 spiro atoms. The van der Waals surface area contributed by atoms with Gasteiger partial charge in [0.05, 0.1) is 60.3 Å². The maximum Gasteiger partial charge on any atom is 0.338 e. The topological polar surface area (TPSA) is 312 Å². The monoisotopic (exact) mass is 1820 g/mol. The number of benzene rings is 3. The largest absolute Gasteiger partial charge is 0.481 e. The van der Waals surface area contributed by atoms with Crippen molar-refractivity contribution in [3.05, 3.63) is 186 Å². The van der Waals surface area contributed by atoms with E-state index in [1.165, 1.54) is 105 Å². The number of halogens is 10. The average molecular weight is 1820 g/mol. The summed E-state index contributed by atoms with van der Waals surface area (Å²) in [6.07, 6.45) is 2.81. The fraction of sp³-hybridized carbons (Fsp3) is 0.417. The number of carboxylic acid groups (broad SMARTS) is 3. The summed E-state index contributed by atoms with van der Waals surface area (Å²) >= 11 is 20.7. The Kier molecular flexibility index (Phi) is 31.7. The van der Waals surface area contributed by atoms with Gasteiger partial charge in [-0.3, -0.25) is 44.1 Å². The van der Waals surface area contributed by atoms with Crippen molar-refractivity contribution in [1.82, 2.24) is 45.6 Å². The van der Waals surface area contributed by atoms with Crippen LogP contribution in [-0.4, -0.2) is 228 Å². The molecule has 3 aromatic heterocycles. The number of ether oxygens (including phenoxy) is 3. The molecule has 0 aliphatic carbocycles. The van der Waals surface area contributed by atoms with Crippen LogP contribution in [-0.2, 0) is 43.0 Å². The highest BCUT2D eigenvalue weighted by Crippen LogP contribution is 2.43. The van der Waals surface area contributed by atoms with E-state index in [4.69, 9.17) is 56.1 Å². The Morgan fingerprint density at radius 2 is 0.875 bits per heavy atom. The van der Waals surface area contributed by atoms with E-state index in [2.05, 4.69) is 62.8 Å². The molecular weight excluding hydrogens is 1750 g/mol. The lowest BCUT2D eigenvalue weighted by atomic mass is 9.95. The number of aliphatic imine (C=N–C) groups is 3. The van der Waals surface area contributed by atoms with E-state index in [1.807, 2.05) is 9.80 Å². The Hall–Kier alpha value is -7.31. The van der Waals surface area contributed by atoms with Gasteiger partial charge in [-0.05, 0) is 81.1 Å². The van der Waals surface area contributed by atoms with Crippen LogP contribution in [0.5, 0.6) is 0 Å². The number of carbonyl (C=O) groups excluding carboxylic acids is 3. The highest BCUT2D eigenvalue weighted by Gasteiger charge is 2.47. The second kappa shape index (κ2) is 40.8. The summed E-state index contributed by atoms with van der Waals surface area (Å²) in [4.78, 5) is 105. The number of hydrogen-bond acceptors (Lipinski definition) is 27. The lowest BCUT2D eigenvalue weighted by Crippen LogP contribution is -2.42. The predicted octanol–water partition coefficient (Wildman–Crippen LogP) is 12.7. The predicted molar refractivity (Wildman–Crippen MR) is 424 cm³/mol. The molecule has 600 valence electrons. The fourth-order valence-corrected chi connectivity index (χ4v) is 18.9. The third kappa shape index (κ3) is 23.3. The number of nitrogens with one attached hydrogen (secondary N) is 3. The number of likely N-dealkylation sites (tertiary alicyclic amines) is 3. The zero-order valence-electron chi connectivity index (χ0n) is 59.8. The number of thiazole rings is 3. The van der Waals surface area contributed by atoms with Crippen LogP contribution in [0, 0.1) is 17.5 Å². The van der Waals surface area contributed by atoms with Crippen molar-refractivity contribution >= 4 is 166 Å². The zero-order valence-corrected chi connectivity index (χ0v) is 68.6. The number of nitrogens with zero attached hydrogens (tertiary/aromatic N) is 9. The normalized spacial score (nSPS) is 21.8. The SMILES string of the molecule is CCOC(=O)C1=C(CN2CC(F)(F)CC2CSCC(=O)O)NC(c2nccs2)=N[C@H]1c1ccc(F)cc1Br.CCOC(=O)C1=C(CN2CC(F)CC2CSCC(=O)O)NC(c2nccs2)=N[C@H]1c1ccc(F)cc1Br.CCOC(=O)C1=C(CN2CC(F)CC2CSCC(=O)O)NC(c2nccs2)=N[C@H]1c1ccc(F)cc1Cl. The van der Waals surface area contributed by atoms with Gasteiger partial charge in [0, 0.05) is 146 Å². The molecule has 0 amide bonds. The van der Waals surface area contributed by atoms with E-state index in [0.29, 0.717) is 86.8 Å². The molecule has 8 atom stereocenters. The maximum atomic E-state index is 14.5. The molecule has 0 bridgehead atoms. The Morgan fingerprint density at radius 3 is 1.21 bits per heavy atom. The van der Waals surface area contributed by atoms with E-state index in [9.17, 15) is 59.5 Å². The molecule has 6 aliphatic rings. The van der Waals surface area contributed by atoms with Crippen LogP contribution in [0.2, 0.25) is 5.02 Å². The highest BCUT2D eigenvalue weighted by atomic mass is 79.9. The minimum Gasteiger partial charge on any atom is -0.481 e. The first-order chi connectivity index (χ1) is 53.6. The molecule has 0 radical (unpaired) electrons. The number of carboxylic acids is 3. The number of aliphatic carboxylic acids is 3. The molecule has 40 heteroatoms. The van der Waals surface area contributed by atoms with Gasteiger partial charge >= 0.3 is 35.8 Å². The summed E-state index contributed by atoms with van der Waals surface area (Å²) in [7, 11) is 0. The smallest absolute Gasteiger partial charge is 0.338 e. The maximum absolute atomic E-state index is 14.5. The number of amidine groups is 3. The number of thioether (sulfide) groups is 3. The number of aromatic nitrogens is 3. The van der Waals surface area contributed by atoms with Crippen molar-refractivity contribution in [1.29, 1.82) is 0 Å². The molecule has 12 rings (SSSR count). The molecule has 6 aliphatic heterocycles. The van der Waals surface area contributed by atoms with E-state index in [-0.39, 0.29) is 122 Å². The van der Waals surface area contributed by atoms with Gasteiger partial charge < -0.3 is 45.5 Å². The number of alkyl halides is 4. The average Bonchev–Trinajstić information content (AvgIpc) is 1.25. The first-order valence-corrected chi connectivity index (χ1v) is 42.7. The van der Waals surface area contributed by atoms with Crippen molar-refractivity contribution in [3.8, 4) is 0 Å². The van der Waals surface area contributed by atoms with Crippen LogP contribution in [0.1, 0.15) is 89.9 Å². The number of esters is 3. The molecule has 9 heterocycles. The Balaban J connectivity index is 0.000000178. The Labute approximate surface area is 685 Å². The first-order valence-electron chi connectivity index (χ1n) is 34.7. The molecular formula is C72H74Br2ClF7N12O12S6. The van der Waals surface area contributed by atoms with Gasteiger partial charge in [-0.2, -0.15) is 0 Å². The number of carbonyl (C=O) groups is 6. The van der Waals surface area contributed by atoms with Crippen molar-refractivity contribution in [2.24, 2.45) is 15.0 Å². The van der Waals surface area contributed by atoms with E-state index in [0.717, 1.165) is 17.8 Å². The van der Waals surface area contributed by atoms with Gasteiger partial charge in [0.1, 0.15) is 47.9 Å². The van der Waals surface area contributed by atoms with Crippen LogP contribution in [0.25, 0.3) is 0 Å². The van der Waals surface area contributed by atoms with Gasteiger partial charge in [-0.15, -0.1) is 69.3 Å². The number of hydrogen-bond donors (Lipinski definition) is 6. The van der Waals surface area contributed by atoms with Crippen LogP contribution in [0.4, 0.5) is 30.7 Å². The summed E-state index contributed by atoms with van der Waals surface area (Å²) in [6.45, 7) is 5.37. The van der Waals surface area contributed by atoms with E-state index < -0.39 is 109 Å². The fourth-order valence-electron chi connectivity index (χ4n) is 13.0. The lowest BCUT2D eigenvalue weighted by molar-refractivity contribution is -0.139. The zero-order chi connectivity index (χ0) is 80.5. The molecule has 5 unspecified atom stereocenters. The molecule has 3 fully saturated rings. The standard InChI is InChI=1S/C24H24BrF3N4O4S2.C24H25BrF2N4O4S2.C24H25ClF2N4O4S2/c1-2-36-23(35)19-17(9-32-12-24(27,28)8-14(32)10-37-11-18(33)34)30-21(22-29-5-6-38-22)31-20(19)15-4-3-13(26)7-16(15)25;2*1-2-35-24(34)20-18(10-31-9-14(27)7-15(31)11-36-12-19(32)33)29-22(23-28-5-6-37-23)30-21(20)16-4-3-13(26)8-17(16)25/h3-7,14,20H,2,8-12H2,1H3,(H,30,31)(H,33,34);2*3-6,8,14-15,21H,2,7,9-12H2,1H3,(H,29,30)(H,32,33)/t14?,20-;2*14?,15?,21-/m000/s1. The van der Waals surface area contributed by atoms with E-state index in [1.54, 1.807) is 61.6 Å². The molecule has 6 N–H and O–H groups in total. The molecule has 3 aromatic carbocycles.